The molecule has 1 aromatic rings. The van der Waals surface area contributed by atoms with Crippen molar-refractivity contribution in [3.05, 3.63) is 12.2 Å². The third-order valence-electron chi connectivity index (χ3n) is 3.11. The number of amides is 1. The maximum atomic E-state index is 12.3. The third-order valence-corrected chi connectivity index (χ3v) is 3.11. The fourth-order valence-electron chi connectivity index (χ4n) is 2.25. The van der Waals surface area contributed by atoms with Crippen LogP contribution in [0.5, 0.6) is 0 Å². The van der Waals surface area contributed by atoms with Gasteiger partial charge in [0.05, 0.1) is 0 Å². The van der Waals surface area contributed by atoms with Crippen LogP contribution < -0.4 is 5.32 Å². The molecule has 112 valence electrons. The second-order valence-electron chi connectivity index (χ2n) is 5.83. The monoisotopic (exact) mass is 281 g/mol. The number of ether oxygens (including phenoxy) is 1. The van der Waals surface area contributed by atoms with Gasteiger partial charge in [-0.05, 0) is 27.7 Å². The van der Waals surface area contributed by atoms with Crippen molar-refractivity contribution in [3.8, 4) is 0 Å². The molecule has 20 heavy (non-hydrogen) atoms. The maximum absolute atomic E-state index is 12.3. The van der Waals surface area contributed by atoms with E-state index in [1.165, 1.54) is 6.33 Å². The molecule has 1 aliphatic rings. The Morgan fingerprint density at radius 1 is 1.55 bits per heavy atom. The number of aromatic nitrogens is 3. The molecule has 1 fully saturated rings. The van der Waals surface area contributed by atoms with Crippen LogP contribution in [0.15, 0.2) is 6.33 Å². The van der Waals surface area contributed by atoms with Crippen LogP contribution in [0.2, 0.25) is 0 Å². The number of rotatable bonds is 2. The van der Waals surface area contributed by atoms with Crippen LogP contribution in [-0.2, 0) is 11.3 Å². The molecular weight excluding hydrogens is 258 g/mol. The predicted molar refractivity (Wildman–Crippen MR) is 74.2 cm³/mol. The molecular formula is C13H23N5O2. The van der Waals surface area contributed by atoms with E-state index in [9.17, 15) is 4.79 Å². The topological polar surface area (TPSA) is 72.3 Å². The molecule has 1 N–H and O–H groups in total. The van der Waals surface area contributed by atoms with Crippen molar-refractivity contribution in [3.63, 3.8) is 0 Å². The van der Waals surface area contributed by atoms with Gasteiger partial charge in [0.25, 0.3) is 0 Å². The molecule has 0 aliphatic carbocycles. The lowest BCUT2D eigenvalue weighted by atomic mass is 10.1. The lowest BCUT2D eigenvalue weighted by molar-refractivity contribution is 0.0103. The van der Waals surface area contributed by atoms with Crippen LogP contribution in [0.25, 0.3) is 0 Å². The third kappa shape index (κ3) is 3.27. The molecule has 0 spiro atoms. The Balaban J connectivity index is 2.19. The molecule has 7 heteroatoms. The van der Waals surface area contributed by atoms with Gasteiger partial charge in [0.1, 0.15) is 18.0 Å². The highest BCUT2D eigenvalue weighted by Crippen LogP contribution is 2.22. The maximum Gasteiger partial charge on any atom is 0.411 e. The van der Waals surface area contributed by atoms with Gasteiger partial charge in [-0.2, -0.15) is 5.10 Å². The standard InChI is InChI=1S/C13H23N5O2/c1-5-18-11(15-9-16-18)10-8-14-6-7-17(10)12(19)20-13(2,3)4/h9-10,14H,5-8H2,1-4H3. The van der Waals surface area contributed by atoms with E-state index in [4.69, 9.17) is 4.74 Å². The lowest BCUT2D eigenvalue weighted by Crippen LogP contribution is -2.50. The van der Waals surface area contributed by atoms with Crippen LogP contribution in [0.3, 0.4) is 0 Å². The Hall–Kier alpha value is -1.63. The number of carbonyl (C=O) groups is 1. The average molecular weight is 281 g/mol. The van der Waals surface area contributed by atoms with Gasteiger partial charge in [-0.25, -0.2) is 14.5 Å². The SMILES string of the molecule is CCn1ncnc1C1CNCCN1C(=O)OC(C)(C)C. The van der Waals surface area contributed by atoms with E-state index in [1.54, 1.807) is 4.90 Å². The minimum Gasteiger partial charge on any atom is -0.444 e. The molecule has 0 radical (unpaired) electrons. The molecule has 0 aromatic carbocycles. The van der Waals surface area contributed by atoms with Gasteiger partial charge in [-0.3, -0.25) is 4.90 Å². The van der Waals surface area contributed by atoms with Crippen molar-refractivity contribution < 1.29 is 9.53 Å². The van der Waals surface area contributed by atoms with Gasteiger partial charge >= 0.3 is 6.09 Å². The molecule has 1 aromatic heterocycles. The van der Waals surface area contributed by atoms with Gasteiger partial charge in [-0.1, -0.05) is 0 Å². The smallest absolute Gasteiger partial charge is 0.411 e. The molecule has 1 aliphatic heterocycles. The molecule has 0 bridgehead atoms. The van der Waals surface area contributed by atoms with Gasteiger partial charge in [0.15, 0.2) is 5.82 Å². The molecule has 1 amide bonds. The lowest BCUT2D eigenvalue weighted by Gasteiger charge is -2.36. The predicted octanol–water partition coefficient (Wildman–Crippen LogP) is 1.18. The molecule has 0 saturated carbocycles. The van der Waals surface area contributed by atoms with Crippen LogP contribution in [0, 0.1) is 0 Å². The summed E-state index contributed by atoms with van der Waals surface area (Å²) in [5.41, 5.74) is -0.495. The van der Waals surface area contributed by atoms with E-state index in [0.717, 1.165) is 18.9 Å². The number of hydrogen-bond donors (Lipinski definition) is 1. The van der Waals surface area contributed by atoms with E-state index < -0.39 is 5.60 Å². The zero-order valence-corrected chi connectivity index (χ0v) is 12.6. The molecule has 1 saturated heterocycles. The van der Waals surface area contributed by atoms with Crippen molar-refractivity contribution in [2.45, 2.75) is 45.9 Å². The quantitative estimate of drug-likeness (QED) is 0.881. The van der Waals surface area contributed by atoms with Crippen LogP contribution in [-0.4, -0.2) is 51.0 Å². The van der Waals surface area contributed by atoms with E-state index in [0.29, 0.717) is 13.1 Å². The fourth-order valence-corrected chi connectivity index (χ4v) is 2.25. The van der Waals surface area contributed by atoms with Gasteiger partial charge in [0.2, 0.25) is 0 Å². The number of nitrogens with zero attached hydrogens (tertiary/aromatic N) is 4. The average Bonchev–Trinajstić information content (AvgIpc) is 2.84. The van der Waals surface area contributed by atoms with E-state index in [2.05, 4.69) is 15.4 Å². The first kappa shape index (κ1) is 14.8. The van der Waals surface area contributed by atoms with Crippen molar-refractivity contribution in [1.29, 1.82) is 0 Å². The van der Waals surface area contributed by atoms with E-state index in [1.807, 2.05) is 32.4 Å². The summed E-state index contributed by atoms with van der Waals surface area (Å²) in [5, 5.41) is 7.47. The normalized spacial score (nSPS) is 20.0. The number of piperazine rings is 1. The highest BCUT2D eigenvalue weighted by molar-refractivity contribution is 5.69. The zero-order valence-electron chi connectivity index (χ0n) is 12.6. The molecule has 1 unspecified atom stereocenters. The van der Waals surface area contributed by atoms with Crippen molar-refractivity contribution in [2.75, 3.05) is 19.6 Å². The number of nitrogens with one attached hydrogen (secondary N) is 1. The minimum absolute atomic E-state index is 0.138. The van der Waals surface area contributed by atoms with Crippen molar-refractivity contribution in [1.82, 2.24) is 25.0 Å². The van der Waals surface area contributed by atoms with E-state index >= 15 is 0 Å². The number of aryl methyl sites for hydroxylation is 1. The highest BCUT2D eigenvalue weighted by Gasteiger charge is 2.33. The Kier molecular flexibility index (Phi) is 4.27. The summed E-state index contributed by atoms with van der Waals surface area (Å²) in [5.74, 6) is 0.797. The Labute approximate surface area is 119 Å². The molecule has 2 heterocycles. The Bertz CT molecular complexity index is 466. The summed E-state index contributed by atoms with van der Waals surface area (Å²) in [6.07, 6.45) is 1.23. The summed E-state index contributed by atoms with van der Waals surface area (Å²) in [6, 6.07) is -0.138. The van der Waals surface area contributed by atoms with E-state index in [-0.39, 0.29) is 12.1 Å². The second kappa shape index (κ2) is 5.78. The first-order chi connectivity index (χ1) is 9.42. The first-order valence-corrected chi connectivity index (χ1v) is 7.00. The summed E-state index contributed by atoms with van der Waals surface area (Å²) in [7, 11) is 0. The van der Waals surface area contributed by atoms with Crippen molar-refractivity contribution in [2.24, 2.45) is 0 Å². The van der Waals surface area contributed by atoms with Gasteiger partial charge < -0.3 is 10.1 Å². The van der Waals surface area contributed by atoms with Gasteiger partial charge in [-0.15, -0.1) is 0 Å². The largest absolute Gasteiger partial charge is 0.444 e. The van der Waals surface area contributed by atoms with Crippen LogP contribution in [0.4, 0.5) is 4.79 Å². The fraction of sp³-hybridized carbons (Fsp3) is 0.769. The summed E-state index contributed by atoms with van der Waals surface area (Å²) >= 11 is 0. The second-order valence-corrected chi connectivity index (χ2v) is 5.83. The van der Waals surface area contributed by atoms with Crippen LogP contribution >= 0.6 is 0 Å². The zero-order chi connectivity index (χ0) is 14.8. The Morgan fingerprint density at radius 3 is 2.95 bits per heavy atom. The van der Waals surface area contributed by atoms with Gasteiger partial charge in [0, 0.05) is 26.2 Å². The minimum atomic E-state index is -0.495. The molecule has 2 rings (SSSR count). The molecule has 7 nitrogen and oxygen atoms in total. The first-order valence-electron chi connectivity index (χ1n) is 7.00. The summed E-state index contributed by atoms with van der Waals surface area (Å²) < 4.78 is 7.30. The summed E-state index contributed by atoms with van der Waals surface area (Å²) in [4.78, 5) is 18.4. The summed E-state index contributed by atoms with van der Waals surface area (Å²) in [6.45, 7) is 10.4. The highest BCUT2D eigenvalue weighted by atomic mass is 16.6. The number of hydrogen-bond acceptors (Lipinski definition) is 5. The Morgan fingerprint density at radius 2 is 2.30 bits per heavy atom. The molecule has 1 atom stereocenters. The number of carbonyl (C=O) groups excluding carboxylic acids is 1. The van der Waals surface area contributed by atoms with Crippen molar-refractivity contribution >= 4 is 6.09 Å². The van der Waals surface area contributed by atoms with Crippen LogP contribution in [0.1, 0.15) is 39.6 Å².